The summed E-state index contributed by atoms with van der Waals surface area (Å²) in [5.74, 6) is 0.642. The van der Waals surface area contributed by atoms with Crippen LogP contribution in [0.25, 0.3) is 11.4 Å². The zero-order valence-electron chi connectivity index (χ0n) is 11.4. The molecule has 0 saturated carbocycles. The molecule has 100 valence electrons. The maximum absolute atomic E-state index is 12.0. The van der Waals surface area contributed by atoms with Gasteiger partial charge in [0.2, 0.25) is 0 Å². The van der Waals surface area contributed by atoms with Gasteiger partial charge >= 0.3 is 0 Å². The van der Waals surface area contributed by atoms with Crippen LogP contribution in [-0.2, 0) is 6.42 Å². The van der Waals surface area contributed by atoms with Crippen LogP contribution in [0.1, 0.15) is 38.2 Å². The quantitative estimate of drug-likeness (QED) is 0.803. The molecule has 1 heterocycles. The summed E-state index contributed by atoms with van der Waals surface area (Å²) in [7, 11) is 0. The Morgan fingerprint density at radius 3 is 2.58 bits per heavy atom. The Morgan fingerprint density at radius 2 is 1.89 bits per heavy atom. The molecule has 2 aromatic rings. The van der Waals surface area contributed by atoms with Gasteiger partial charge in [-0.25, -0.2) is 4.98 Å². The van der Waals surface area contributed by atoms with Crippen molar-refractivity contribution in [2.75, 3.05) is 0 Å². The number of rotatable bonds is 6. The Labute approximate surface area is 113 Å². The predicted octanol–water partition coefficient (Wildman–Crippen LogP) is 3.56. The van der Waals surface area contributed by atoms with Crippen molar-refractivity contribution >= 4 is 0 Å². The number of nitrogens with zero attached hydrogens (tertiary/aromatic N) is 1. The highest BCUT2D eigenvalue weighted by Crippen LogP contribution is 2.12. The molecule has 0 amide bonds. The summed E-state index contributed by atoms with van der Waals surface area (Å²) in [6.45, 7) is 2.18. The summed E-state index contributed by atoms with van der Waals surface area (Å²) in [5, 5.41) is 0. The van der Waals surface area contributed by atoms with Crippen molar-refractivity contribution in [3.8, 4) is 11.4 Å². The number of aryl methyl sites for hydroxylation is 1. The zero-order valence-corrected chi connectivity index (χ0v) is 11.4. The van der Waals surface area contributed by atoms with Gasteiger partial charge in [-0.05, 0) is 12.8 Å². The van der Waals surface area contributed by atoms with E-state index in [2.05, 4.69) is 16.9 Å². The van der Waals surface area contributed by atoms with Crippen molar-refractivity contribution in [1.82, 2.24) is 9.97 Å². The minimum absolute atomic E-state index is 0.00893. The van der Waals surface area contributed by atoms with Gasteiger partial charge in [-0.3, -0.25) is 4.79 Å². The minimum atomic E-state index is -0.00893. The molecule has 1 aromatic heterocycles. The lowest BCUT2D eigenvalue weighted by Gasteiger charge is -2.03. The van der Waals surface area contributed by atoms with Crippen LogP contribution in [0, 0.1) is 0 Å². The zero-order chi connectivity index (χ0) is 13.5. The minimum Gasteiger partial charge on any atom is -0.306 e. The van der Waals surface area contributed by atoms with Crippen LogP contribution in [0.2, 0.25) is 0 Å². The molecule has 19 heavy (non-hydrogen) atoms. The van der Waals surface area contributed by atoms with Crippen LogP contribution in [-0.4, -0.2) is 9.97 Å². The smallest absolute Gasteiger partial charge is 0.254 e. The monoisotopic (exact) mass is 256 g/mol. The van der Waals surface area contributed by atoms with Gasteiger partial charge in [-0.1, -0.05) is 56.5 Å². The molecule has 0 bridgehead atoms. The van der Waals surface area contributed by atoms with Gasteiger partial charge in [0.15, 0.2) is 0 Å². The van der Waals surface area contributed by atoms with E-state index in [4.69, 9.17) is 0 Å². The van der Waals surface area contributed by atoms with Crippen molar-refractivity contribution in [3.05, 3.63) is 52.4 Å². The average molecular weight is 256 g/mol. The lowest BCUT2D eigenvalue weighted by Crippen LogP contribution is -2.14. The summed E-state index contributed by atoms with van der Waals surface area (Å²) >= 11 is 0. The first-order valence-electron chi connectivity index (χ1n) is 6.95. The van der Waals surface area contributed by atoms with E-state index in [0.29, 0.717) is 5.82 Å². The summed E-state index contributed by atoms with van der Waals surface area (Å²) < 4.78 is 0. The van der Waals surface area contributed by atoms with Crippen LogP contribution in [0.15, 0.2) is 41.3 Å². The molecular formula is C16H20N2O. The molecule has 0 aliphatic rings. The molecule has 2 rings (SSSR count). The molecule has 0 saturated heterocycles. The molecule has 3 nitrogen and oxygen atoms in total. The average Bonchev–Trinajstić information content (AvgIpc) is 2.46. The fourth-order valence-corrected chi connectivity index (χ4v) is 2.08. The third-order valence-electron chi connectivity index (χ3n) is 3.22. The second-order valence-corrected chi connectivity index (χ2v) is 4.76. The highest BCUT2D eigenvalue weighted by molar-refractivity contribution is 5.53. The molecule has 1 aromatic carbocycles. The summed E-state index contributed by atoms with van der Waals surface area (Å²) in [6, 6.07) is 9.71. The van der Waals surface area contributed by atoms with Gasteiger partial charge in [0.1, 0.15) is 5.82 Å². The lowest BCUT2D eigenvalue weighted by atomic mass is 10.1. The number of aromatic nitrogens is 2. The molecular weight excluding hydrogens is 236 g/mol. The molecule has 0 unspecified atom stereocenters. The second kappa shape index (κ2) is 6.88. The number of H-pyrrole nitrogens is 1. The van der Waals surface area contributed by atoms with E-state index in [0.717, 1.165) is 24.0 Å². The van der Waals surface area contributed by atoms with Gasteiger partial charge in [0.25, 0.3) is 5.56 Å². The third-order valence-corrected chi connectivity index (χ3v) is 3.22. The van der Waals surface area contributed by atoms with Crippen LogP contribution in [0.4, 0.5) is 0 Å². The molecule has 0 radical (unpaired) electrons. The highest BCUT2D eigenvalue weighted by atomic mass is 16.1. The van der Waals surface area contributed by atoms with Gasteiger partial charge in [0.05, 0.1) is 0 Å². The van der Waals surface area contributed by atoms with Crippen molar-refractivity contribution < 1.29 is 0 Å². The number of nitrogens with one attached hydrogen (secondary N) is 1. The first kappa shape index (κ1) is 13.5. The van der Waals surface area contributed by atoms with Crippen LogP contribution >= 0.6 is 0 Å². The van der Waals surface area contributed by atoms with E-state index < -0.39 is 0 Å². The van der Waals surface area contributed by atoms with Crippen molar-refractivity contribution in [1.29, 1.82) is 0 Å². The maximum Gasteiger partial charge on any atom is 0.254 e. The Kier molecular flexibility index (Phi) is 4.90. The van der Waals surface area contributed by atoms with E-state index >= 15 is 0 Å². The van der Waals surface area contributed by atoms with Gasteiger partial charge in [0, 0.05) is 17.3 Å². The highest BCUT2D eigenvalue weighted by Gasteiger charge is 2.04. The van der Waals surface area contributed by atoms with Gasteiger partial charge in [-0.15, -0.1) is 0 Å². The van der Waals surface area contributed by atoms with Crippen LogP contribution in [0.3, 0.4) is 0 Å². The first-order chi connectivity index (χ1) is 9.31. The molecule has 0 atom stereocenters. The third kappa shape index (κ3) is 3.78. The Morgan fingerprint density at radius 1 is 1.11 bits per heavy atom. The molecule has 0 aliphatic carbocycles. The second-order valence-electron chi connectivity index (χ2n) is 4.76. The molecule has 0 spiro atoms. The first-order valence-corrected chi connectivity index (χ1v) is 6.95. The van der Waals surface area contributed by atoms with Crippen LogP contribution < -0.4 is 5.56 Å². The van der Waals surface area contributed by atoms with E-state index in [-0.39, 0.29) is 5.56 Å². The predicted molar refractivity (Wildman–Crippen MR) is 78.1 cm³/mol. The van der Waals surface area contributed by atoms with E-state index in [1.54, 1.807) is 6.20 Å². The summed E-state index contributed by atoms with van der Waals surface area (Å²) in [5.41, 5.74) is 1.72. The Balaban J connectivity index is 2.07. The number of hydrogen-bond acceptors (Lipinski definition) is 2. The molecule has 1 N–H and O–H groups in total. The fraction of sp³-hybridized carbons (Fsp3) is 0.375. The van der Waals surface area contributed by atoms with Crippen LogP contribution in [0.5, 0.6) is 0 Å². The topological polar surface area (TPSA) is 45.8 Å². The molecule has 0 aliphatic heterocycles. The Bertz CT molecular complexity index is 560. The fourth-order valence-electron chi connectivity index (χ4n) is 2.08. The SMILES string of the molecule is CCCCCCc1cnc(-c2ccccc2)[nH]c1=O. The van der Waals surface area contributed by atoms with Gasteiger partial charge < -0.3 is 4.98 Å². The van der Waals surface area contributed by atoms with Gasteiger partial charge in [-0.2, -0.15) is 0 Å². The maximum atomic E-state index is 12.0. The summed E-state index contributed by atoms with van der Waals surface area (Å²) in [6.07, 6.45) is 7.21. The van der Waals surface area contributed by atoms with E-state index in [1.807, 2.05) is 30.3 Å². The largest absolute Gasteiger partial charge is 0.306 e. The normalized spacial score (nSPS) is 10.6. The number of aromatic amines is 1. The van der Waals surface area contributed by atoms with Crippen molar-refractivity contribution in [2.45, 2.75) is 39.0 Å². The Hall–Kier alpha value is -1.90. The number of benzene rings is 1. The van der Waals surface area contributed by atoms with Crippen molar-refractivity contribution in [3.63, 3.8) is 0 Å². The number of hydrogen-bond donors (Lipinski definition) is 1. The van der Waals surface area contributed by atoms with E-state index in [1.165, 1.54) is 19.3 Å². The standard InChI is InChI=1S/C16H20N2O/c1-2-3-4-6-11-14-12-17-15(18-16(14)19)13-9-7-5-8-10-13/h5,7-10,12H,2-4,6,11H2,1H3,(H,17,18,19). The van der Waals surface area contributed by atoms with Crippen molar-refractivity contribution in [2.24, 2.45) is 0 Å². The number of unbranched alkanes of at least 4 members (excludes halogenated alkanes) is 3. The molecule has 3 heteroatoms. The van der Waals surface area contributed by atoms with E-state index in [9.17, 15) is 4.79 Å². The lowest BCUT2D eigenvalue weighted by molar-refractivity contribution is 0.663. The molecule has 0 fully saturated rings. The summed E-state index contributed by atoms with van der Waals surface area (Å²) in [4.78, 5) is 19.2.